The van der Waals surface area contributed by atoms with Gasteiger partial charge in [0.15, 0.2) is 0 Å². The van der Waals surface area contributed by atoms with E-state index in [4.69, 9.17) is 0 Å². The molecule has 4 heterocycles. The van der Waals surface area contributed by atoms with Crippen LogP contribution in [0.4, 0.5) is 0 Å². The van der Waals surface area contributed by atoms with Gasteiger partial charge in [-0.05, 0) is 58.7 Å². The fraction of sp³-hybridized carbons (Fsp3) is 0.0769. The standard InChI is InChI=1S/C39H24N2/c1-39(2)31-19-35-29(25-13-7-11-23-21-9-3-5-15-33(21)40(35)37(23)25)17-27(31)28-18-30-26-14-8-12-24-22-10-4-6-16-34(22)41(38(24)26)36(30)20-32(28)39/h3-20H,1-2H3. The number of aromatic nitrogens is 2. The number of hydrogen-bond acceptors (Lipinski definition) is 0. The fourth-order valence-electron chi connectivity index (χ4n) is 8.58. The molecule has 2 nitrogen and oxygen atoms in total. The number of benzene rings is 6. The smallest absolute Gasteiger partial charge is 0.0620 e. The molecule has 2 heteroatoms. The van der Waals surface area contributed by atoms with E-state index in [1.165, 1.54) is 98.4 Å². The topological polar surface area (TPSA) is 8.82 Å². The van der Waals surface area contributed by atoms with Gasteiger partial charge in [-0.25, -0.2) is 0 Å². The lowest BCUT2D eigenvalue weighted by Gasteiger charge is -2.21. The van der Waals surface area contributed by atoms with E-state index < -0.39 is 0 Å². The molecular formula is C39H24N2. The second kappa shape index (κ2) is 6.45. The molecule has 6 aromatic carbocycles. The highest BCUT2D eigenvalue weighted by Gasteiger charge is 2.37. The zero-order valence-corrected chi connectivity index (χ0v) is 22.8. The van der Waals surface area contributed by atoms with Crippen molar-refractivity contribution in [3.8, 4) is 11.1 Å². The summed E-state index contributed by atoms with van der Waals surface area (Å²) in [6.07, 6.45) is 0. The molecule has 0 fully saturated rings. The van der Waals surface area contributed by atoms with Crippen molar-refractivity contribution in [1.82, 2.24) is 8.80 Å². The van der Waals surface area contributed by atoms with Crippen LogP contribution in [-0.2, 0) is 5.41 Å². The molecule has 0 unspecified atom stereocenters. The highest BCUT2D eigenvalue weighted by molar-refractivity contribution is 6.25. The number of rotatable bonds is 0. The third-order valence-corrected chi connectivity index (χ3v) is 10.4. The Morgan fingerprint density at radius 1 is 0.390 bits per heavy atom. The Hall–Kier alpha value is -5.08. The van der Waals surface area contributed by atoms with Gasteiger partial charge in [0.25, 0.3) is 0 Å². The Kier molecular flexibility index (Phi) is 3.27. The van der Waals surface area contributed by atoms with Gasteiger partial charge in [-0.1, -0.05) is 86.6 Å². The molecule has 0 bridgehead atoms. The van der Waals surface area contributed by atoms with Gasteiger partial charge in [-0.15, -0.1) is 0 Å². The van der Waals surface area contributed by atoms with Crippen LogP contribution in [-0.4, -0.2) is 8.80 Å². The molecular weight excluding hydrogens is 496 g/mol. The van der Waals surface area contributed by atoms with Gasteiger partial charge in [0.05, 0.1) is 33.1 Å². The van der Waals surface area contributed by atoms with Crippen LogP contribution in [0.5, 0.6) is 0 Å². The Bertz CT molecular complexity index is 2580. The van der Waals surface area contributed by atoms with Gasteiger partial charge in [-0.3, -0.25) is 0 Å². The van der Waals surface area contributed by atoms with Gasteiger partial charge < -0.3 is 8.80 Å². The van der Waals surface area contributed by atoms with E-state index in [9.17, 15) is 0 Å². The molecule has 0 amide bonds. The highest BCUT2D eigenvalue weighted by Crippen LogP contribution is 2.53. The minimum absolute atomic E-state index is 0.109. The zero-order chi connectivity index (χ0) is 26.8. The van der Waals surface area contributed by atoms with Crippen LogP contribution in [0.1, 0.15) is 25.0 Å². The van der Waals surface area contributed by atoms with Crippen molar-refractivity contribution in [2.24, 2.45) is 0 Å². The number of hydrogen-bond donors (Lipinski definition) is 0. The van der Waals surface area contributed by atoms with Crippen molar-refractivity contribution in [2.45, 2.75) is 19.3 Å². The van der Waals surface area contributed by atoms with Crippen molar-refractivity contribution < 1.29 is 0 Å². The molecule has 0 saturated heterocycles. The Morgan fingerprint density at radius 3 is 1.24 bits per heavy atom. The van der Waals surface area contributed by atoms with Gasteiger partial charge >= 0.3 is 0 Å². The van der Waals surface area contributed by atoms with E-state index >= 15 is 0 Å². The highest BCUT2D eigenvalue weighted by atomic mass is 14.9. The molecule has 0 aliphatic heterocycles. The van der Waals surface area contributed by atoms with Crippen molar-refractivity contribution in [3.63, 3.8) is 0 Å². The maximum Gasteiger partial charge on any atom is 0.0620 e. The molecule has 190 valence electrons. The predicted molar refractivity (Wildman–Crippen MR) is 173 cm³/mol. The summed E-state index contributed by atoms with van der Waals surface area (Å²) in [6, 6.07) is 41.3. The van der Waals surface area contributed by atoms with E-state index in [0.29, 0.717) is 0 Å². The van der Waals surface area contributed by atoms with E-state index in [0.717, 1.165) is 0 Å². The summed E-state index contributed by atoms with van der Waals surface area (Å²) < 4.78 is 5.02. The van der Waals surface area contributed by atoms with Gasteiger partial charge in [0.2, 0.25) is 0 Å². The molecule has 0 radical (unpaired) electrons. The van der Waals surface area contributed by atoms with Crippen LogP contribution in [0, 0.1) is 0 Å². The largest absolute Gasteiger partial charge is 0.308 e. The first-order valence-corrected chi connectivity index (χ1v) is 14.5. The molecule has 1 aliphatic carbocycles. The summed E-state index contributed by atoms with van der Waals surface area (Å²) in [6.45, 7) is 4.82. The average Bonchev–Trinajstić information content (AvgIpc) is 3.76. The number of nitrogens with zero attached hydrogens (tertiary/aromatic N) is 2. The molecule has 0 spiro atoms. The van der Waals surface area contributed by atoms with Gasteiger partial charge in [0.1, 0.15) is 0 Å². The van der Waals surface area contributed by atoms with Crippen LogP contribution in [0.25, 0.3) is 87.3 Å². The maximum absolute atomic E-state index is 2.51. The quantitative estimate of drug-likeness (QED) is 0.188. The Labute approximate surface area is 235 Å². The van der Waals surface area contributed by atoms with Crippen LogP contribution in [0.15, 0.2) is 109 Å². The number of para-hydroxylation sites is 4. The van der Waals surface area contributed by atoms with Crippen molar-refractivity contribution >= 4 is 76.2 Å². The van der Waals surface area contributed by atoms with E-state index in [-0.39, 0.29) is 5.41 Å². The lowest BCUT2D eigenvalue weighted by molar-refractivity contribution is 0.661. The minimum atomic E-state index is -0.109. The fourth-order valence-corrected chi connectivity index (χ4v) is 8.58. The molecule has 4 aromatic heterocycles. The van der Waals surface area contributed by atoms with Gasteiger partial charge in [0, 0.05) is 48.5 Å². The lowest BCUT2D eigenvalue weighted by atomic mass is 9.82. The average molecular weight is 521 g/mol. The monoisotopic (exact) mass is 520 g/mol. The molecule has 0 N–H and O–H groups in total. The Balaban J connectivity index is 1.30. The molecule has 41 heavy (non-hydrogen) atoms. The first-order chi connectivity index (χ1) is 20.1. The first-order valence-electron chi connectivity index (χ1n) is 14.5. The molecule has 11 rings (SSSR count). The zero-order valence-electron chi connectivity index (χ0n) is 22.8. The van der Waals surface area contributed by atoms with Crippen molar-refractivity contribution in [1.29, 1.82) is 0 Å². The maximum atomic E-state index is 2.51. The summed E-state index contributed by atoms with van der Waals surface area (Å²) in [5.74, 6) is 0. The molecule has 0 atom stereocenters. The van der Waals surface area contributed by atoms with Crippen LogP contribution in [0.2, 0.25) is 0 Å². The molecule has 0 saturated carbocycles. The van der Waals surface area contributed by atoms with E-state index in [2.05, 4.69) is 132 Å². The van der Waals surface area contributed by atoms with Crippen LogP contribution >= 0.6 is 0 Å². The van der Waals surface area contributed by atoms with Gasteiger partial charge in [-0.2, -0.15) is 0 Å². The third kappa shape index (κ3) is 2.14. The summed E-state index contributed by atoms with van der Waals surface area (Å²) in [4.78, 5) is 0. The number of fused-ring (bicyclic) bond motifs is 15. The predicted octanol–water partition coefficient (Wildman–Crippen LogP) is 10.3. The third-order valence-electron chi connectivity index (χ3n) is 10.4. The normalized spacial score (nSPS) is 14.8. The first kappa shape index (κ1) is 20.8. The van der Waals surface area contributed by atoms with E-state index in [1.54, 1.807) is 0 Å². The van der Waals surface area contributed by atoms with Crippen molar-refractivity contribution in [2.75, 3.05) is 0 Å². The Morgan fingerprint density at radius 2 is 0.780 bits per heavy atom. The summed E-state index contributed by atoms with van der Waals surface area (Å²) >= 11 is 0. The molecule has 1 aliphatic rings. The summed E-state index contributed by atoms with van der Waals surface area (Å²) in [7, 11) is 0. The SMILES string of the molecule is CC1(C)c2cc3c(cc2-c2cc4c5cccc6c7ccccc7n(c4cc21)c65)c1cccc2c4ccccc4n3c21. The van der Waals surface area contributed by atoms with E-state index in [1.807, 2.05) is 0 Å². The minimum Gasteiger partial charge on any atom is -0.308 e. The second-order valence-corrected chi connectivity index (χ2v) is 12.6. The lowest BCUT2D eigenvalue weighted by Crippen LogP contribution is -2.15. The van der Waals surface area contributed by atoms with Crippen LogP contribution in [0.3, 0.4) is 0 Å². The summed E-state index contributed by atoms with van der Waals surface area (Å²) in [5.41, 5.74) is 13.4. The van der Waals surface area contributed by atoms with Crippen molar-refractivity contribution in [3.05, 3.63) is 120 Å². The summed E-state index contributed by atoms with van der Waals surface area (Å²) in [5, 5.41) is 10.7. The molecule has 10 aromatic rings. The second-order valence-electron chi connectivity index (χ2n) is 12.6. The van der Waals surface area contributed by atoms with Crippen LogP contribution < -0.4 is 0 Å².